The number of amides is 1. The molecular weight excluding hydrogens is 509 g/mol. The maximum absolute atomic E-state index is 15.1. The molecule has 192 valence electrons. The van der Waals surface area contributed by atoms with Gasteiger partial charge in [0.25, 0.3) is 5.91 Å². The van der Waals surface area contributed by atoms with Gasteiger partial charge in [-0.25, -0.2) is 13.8 Å². The number of benzene rings is 2. The van der Waals surface area contributed by atoms with Crippen LogP contribution < -0.4 is 10.1 Å². The van der Waals surface area contributed by atoms with Crippen LogP contribution >= 0.6 is 11.6 Å². The van der Waals surface area contributed by atoms with Gasteiger partial charge >= 0.3 is 6.18 Å². The van der Waals surface area contributed by atoms with Crippen LogP contribution in [0.4, 0.5) is 27.6 Å². The van der Waals surface area contributed by atoms with E-state index >= 15 is 4.39 Å². The number of hydrogen-bond donors (Lipinski definition) is 2. The SMILES string of the molecule is Cc1nc(-c2cc(O[C@@H](C)C(F)(F)F)c(C(=O)Nc3c(F)cccc3Cl)cc2F)cnc1C(C)(C)O. The van der Waals surface area contributed by atoms with E-state index in [1.807, 2.05) is 0 Å². The van der Waals surface area contributed by atoms with Gasteiger partial charge in [-0.3, -0.25) is 9.78 Å². The molecule has 0 saturated heterocycles. The summed E-state index contributed by atoms with van der Waals surface area (Å²) in [7, 11) is 0. The molecule has 1 heterocycles. The summed E-state index contributed by atoms with van der Waals surface area (Å²) in [5.41, 5.74) is -2.34. The zero-order valence-electron chi connectivity index (χ0n) is 19.5. The fourth-order valence-corrected chi connectivity index (χ4v) is 3.50. The van der Waals surface area contributed by atoms with Gasteiger partial charge in [0.15, 0.2) is 6.10 Å². The number of aromatic nitrogens is 2. The minimum Gasteiger partial charge on any atom is -0.480 e. The average molecular weight is 530 g/mol. The molecule has 0 saturated carbocycles. The lowest BCUT2D eigenvalue weighted by Gasteiger charge is -2.21. The summed E-state index contributed by atoms with van der Waals surface area (Å²) >= 11 is 5.90. The van der Waals surface area contributed by atoms with Gasteiger partial charge in [0.1, 0.15) is 23.0 Å². The van der Waals surface area contributed by atoms with E-state index in [1.54, 1.807) is 0 Å². The number of ether oxygens (including phenoxy) is 1. The van der Waals surface area contributed by atoms with Crippen LogP contribution in [0.15, 0.2) is 36.5 Å². The predicted octanol–water partition coefficient (Wildman–Crippen LogP) is 6.19. The Hall–Kier alpha value is -3.31. The summed E-state index contributed by atoms with van der Waals surface area (Å²) in [4.78, 5) is 21.2. The minimum atomic E-state index is -4.80. The number of carbonyl (C=O) groups is 1. The van der Waals surface area contributed by atoms with Crippen molar-refractivity contribution >= 4 is 23.2 Å². The first-order valence-electron chi connectivity index (χ1n) is 10.5. The second-order valence-corrected chi connectivity index (χ2v) is 8.84. The zero-order chi connectivity index (χ0) is 27.0. The monoisotopic (exact) mass is 529 g/mol. The van der Waals surface area contributed by atoms with Crippen LogP contribution in [-0.4, -0.2) is 33.3 Å². The minimum absolute atomic E-state index is 0.0772. The van der Waals surface area contributed by atoms with Crippen molar-refractivity contribution in [2.45, 2.75) is 45.6 Å². The Bertz CT molecular complexity index is 1290. The molecule has 36 heavy (non-hydrogen) atoms. The van der Waals surface area contributed by atoms with Gasteiger partial charge in [0, 0.05) is 5.56 Å². The largest absolute Gasteiger partial charge is 0.480 e. The molecule has 0 unspecified atom stereocenters. The molecular formula is C24H21ClF5N3O3. The number of aryl methyl sites for hydroxylation is 1. The number of alkyl halides is 3. The molecule has 0 bridgehead atoms. The summed E-state index contributed by atoms with van der Waals surface area (Å²) in [5.74, 6) is -3.73. The fourth-order valence-electron chi connectivity index (χ4n) is 3.29. The molecule has 0 spiro atoms. The number of nitrogens with zero attached hydrogens (tertiary/aromatic N) is 2. The number of aliphatic hydroxyl groups is 1. The molecule has 6 nitrogen and oxygen atoms in total. The standard InChI is InChI=1S/C24H21ClF5N3O3/c1-11-21(23(3,4)35)31-10-18(32-11)13-9-19(36-12(2)24(28,29)30)14(8-17(13)27)22(34)33-20-15(25)6-5-7-16(20)26/h5-10,12,35H,1-4H3,(H,33,34)/t12-/m0/s1. The number of anilines is 1. The normalized spacial score (nSPS) is 12.9. The highest BCUT2D eigenvalue weighted by molar-refractivity contribution is 6.34. The Morgan fingerprint density at radius 1 is 1.17 bits per heavy atom. The van der Waals surface area contributed by atoms with Crippen LogP contribution in [0, 0.1) is 18.6 Å². The molecule has 0 aliphatic rings. The molecule has 2 aromatic carbocycles. The van der Waals surface area contributed by atoms with Crippen molar-refractivity contribution in [1.29, 1.82) is 0 Å². The van der Waals surface area contributed by atoms with Crippen molar-refractivity contribution < 1.29 is 36.6 Å². The second-order valence-electron chi connectivity index (χ2n) is 8.43. The highest BCUT2D eigenvalue weighted by Crippen LogP contribution is 2.35. The lowest BCUT2D eigenvalue weighted by atomic mass is 10.0. The molecule has 1 amide bonds. The van der Waals surface area contributed by atoms with Gasteiger partial charge < -0.3 is 15.2 Å². The molecule has 0 radical (unpaired) electrons. The number of nitrogens with one attached hydrogen (secondary N) is 1. The summed E-state index contributed by atoms with van der Waals surface area (Å²) in [5, 5.41) is 12.1. The fraction of sp³-hybridized carbons (Fsp3) is 0.292. The average Bonchev–Trinajstić information content (AvgIpc) is 2.75. The van der Waals surface area contributed by atoms with E-state index in [0.29, 0.717) is 13.0 Å². The van der Waals surface area contributed by atoms with Gasteiger partial charge in [-0.05, 0) is 52.0 Å². The first-order chi connectivity index (χ1) is 16.6. The maximum atomic E-state index is 15.1. The number of carbonyl (C=O) groups excluding carboxylic acids is 1. The van der Waals surface area contributed by atoms with E-state index in [0.717, 1.165) is 18.3 Å². The molecule has 2 N–H and O–H groups in total. The van der Waals surface area contributed by atoms with Crippen molar-refractivity contribution in [2.24, 2.45) is 0 Å². The highest BCUT2D eigenvalue weighted by Gasteiger charge is 2.39. The van der Waals surface area contributed by atoms with E-state index in [4.69, 9.17) is 16.3 Å². The van der Waals surface area contributed by atoms with Crippen LogP contribution in [0.25, 0.3) is 11.3 Å². The zero-order valence-corrected chi connectivity index (χ0v) is 20.2. The van der Waals surface area contributed by atoms with Gasteiger partial charge in [-0.1, -0.05) is 17.7 Å². The lowest BCUT2D eigenvalue weighted by Crippen LogP contribution is -2.32. The van der Waals surface area contributed by atoms with E-state index in [9.17, 15) is 27.5 Å². The van der Waals surface area contributed by atoms with Crippen molar-refractivity contribution in [3.8, 4) is 17.0 Å². The van der Waals surface area contributed by atoms with Gasteiger partial charge in [0.05, 0.1) is 39.6 Å². The number of para-hydroxylation sites is 1. The van der Waals surface area contributed by atoms with E-state index < -0.39 is 52.4 Å². The molecule has 0 aliphatic heterocycles. The topological polar surface area (TPSA) is 84.3 Å². The van der Waals surface area contributed by atoms with Crippen molar-refractivity contribution in [1.82, 2.24) is 9.97 Å². The van der Waals surface area contributed by atoms with Crippen LogP contribution in [0.3, 0.4) is 0 Å². The number of rotatable bonds is 6. The summed E-state index contributed by atoms with van der Waals surface area (Å²) in [6, 6.07) is 5.10. The molecule has 1 atom stereocenters. The van der Waals surface area contributed by atoms with Crippen LogP contribution in [0.5, 0.6) is 5.75 Å². The summed E-state index contributed by atoms with van der Waals surface area (Å²) in [6.45, 7) is 5.18. The smallest absolute Gasteiger partial charge is 0.425 e. The Morgan fingerprint density at radius 2 is 1.83 bits per heavy atom. The Morgan fingerprint density at radius 3 is 2.39 bits per heavy atom. The molecule has 3 rings (SSSR count). The van der Waals surface area contributed by atoms with Crippen LogP contribution in [0.1, 0.15) is 42.5 Å². The van der Waals surface area contributed by atoms with Gasteiger partial charge in [-0.15, -0.1) is 0 Å². The molecule has 1 aromatic heterocycles. The van der Waals surface area contributed by atoms with Gasteiger partial charge in [-0.2, -0.15) is 13.2 Å². The Kier molecular flexibility index (Phi) is 7.56. The Balaban J connectivity index is 2.11. The Labute approximate surface area is 208 Å². The van der Waals surface area contributed by atoms with Crippen molar-refractivity contribution in [3.05, 3.63) is 70.1 Å². The maximum Gasteiger partial charge on any atom is 0.425 e. The van der Waals surface area contributed by atoms with E-state index in [-0.39, 0.29) is 27.7 Å². The van der Waals surface area contributed by atoms with Crippen molar-refractivity contribution in [2.75, 3.05) is 5.32 Å². The van der Waals surface area contributed by atoms with Crippen LogP contribution in [0.2, 0.25) is 5.02 Å². The predicted molar refractivity (Wildman–Crippen MR) is 123 cm³/mol. The molecule has 0 aliphatic carbocycles. The summed E-state index contributed by atoms with van der Waals surface area (Å²) < 4.78 is 73.9. The first-order valence-corrected chi connectivity index (χ1v) is 10.9. The van der Waals surface area contributed by atoms with E-state index in [2.05, 4.69) is 15.3 Å². The highest BCUT2D eigenvalue weighted by atomic mass is 35.5. The van der Waals surface area contributed by atoms with Crippen LogP contribution in [-0.2, 0) is 5.60 Å². The third-order valence-corrected chi connectivity index (χ3v) is 5.40. The quantitative estimate of drug-likeness (QED) is 0.372. The third-order valence-electron chi connectivity index (χ3n) is 5.08. The summed E-state index contributed by atoms with van der Waals surface area (Å²) in [6.07, 6.45) is -6.04. The number of halogens is 6. The number of hydrogen-bond acceptors (Lipinski definition) is 5. The third kappa shape index (κ3) is 5.90. The molecule has 12 heteroatoms. The lowest BCUT2D eigenvalue weighted by molar-refractivity contribution is -0.189. The first kappa shape index (κ1) is 27.3. The van der Waals surface area contributed by atoms with E-state index in [1.165, 1.54) is 32.9 Å². The molecule has 0 fully saturated rings. The van der Waals surface area contributed by atoms with Gasteiger partial charge in [0.2, 0.25) is 0 Å². The molecule has 3 aromatic rings. The second kappa shape index (κ2) is 9.98. The van der Waals surface area contributed by atoms with Crippen molar-refractivity contribution in [3.63, 3.8) is 0 Å².